The molecule has 0 saturated carbocycles. The first kappa shape index (κ1) is 14.3. The topological polar surface area (TPSA) is 125 Å². The lowest BCUT2D eigenvalue weighted by atomic mass is 10.1. The minimum absolute atomic E-state index is 0.0381. The molecule has 0 saturated heterocycles. The zero-order chi connectivity index (χ0) is 14.7. The van der Waals surface area contributed by atoms with Crippen LogP contribution < -0.4 is 5.32 Å². The zero-order valence-electron chi connectivity index (χ0n) is 10.3. The van der Waals surface area contributed by atoms with E-state index in [0.717, 1.165) is 0 Å². The van der Waals surface area contributed by atoms with Gasteiger partial charge >= 0.3 is 0 Å². The van der Waals surface area contributed by atoms with Crippen molar-refractivity contribution in [2.75, 3.05) is 11.9 Å². The first-order valence-corrected chi connectivity index (χ1v) is 5.89. The van der Waals surface area contributed by atoms with E-state index in [2.05, 4.69) is 5.32 Å². The molecular weight excluding hydrogens is 268 g/mol. The Labute approximate surface area is 114 Å². The molecule has 2 rings (SSSR count). The fourth-order valence-electron chi connectivity index (χ4n) is 1.83. The highest BCUT2D eigenvalue weighted by atomic mass is 16.6. The number of nitrogens with one attached hydrogen (secondary N) is 1. The van der Waals surface area contributed by atoms with Gasteiger partial charge in [0.05, 0.1) is 11.5 Å². The third kappa shape index (κ3) is 2.87. The van der Waals surface area contributed by atoms with Gasteiger partial charge in [-0.15, -0.1) is 0 Å². The number of aliphatic hydroxyl groups is 3. The van der Waals surface area contributed by atoms with E-state index in [4.69, 9.17) is 9.84 Å². The number of nitro benzene ring substituents is 1. The van der Waals surface area contributed by atoms with E-state index in [-0.39, 0.29) is 17.3 Å². The SMILES string of the molecule is O=[N+]([O-])c1ccccc1NC1=C[C@@H](O)[C@H](O)C(CO)O1. The van der Waals surface area contributed by atoms with Crippen LogP contribution in [0.15, 0.2) is 36.2 Å². The normalized spacial score (nSPS) is 25.6. The molecular formula is C12H14N2O6. The Morgan fingerprint density at radius 2 is 2.05 bits per heavy atom. The Balaban J connectivity index is 2.22. The number of para-hydroxylation sites is 2. The van der Waals surface area contributed by atoms with Crippen LogP contribution in [-0.4, -0.2) is 45.2 Å². The van der Waals surface area contributed by atoms with Crippen LogP contribution in [-0.2, 0) is 4.74 Å². The maximum Gasteiger partial charge on any atom is 0.292 e. The van der Waals surface area contributed by atoms with Gasteiger partial charge in [-0.05, 0) is 6.07 Å². The third-order valence-corrected chi connectivity index (χ3v) is 2.87. The van der Waals surface area contributed by atoms with Crippen molar-refractivity contribution < 1.29 is 25.0 Å². The van der Waals surface area contributed by atoms with Crippen LogP contribution in [0.25, 0.3) is 0 Å². The van der Waals surface area contributed by atoms with Crippen molar-refractivity contribution in [2.45, 2.75) is 18.3 Å². The van der Waals surface area contributed by atoms with Crippen molar-refractivity contribution in [1.29, 1.82) is 0 Å². The largest absolute Gasteiger partial charge is 0.471 e. The van der Waals surface area contributed by atoms with E-state index in [9.17, 15) is 20.3 Å². The Kier molecular flexibility index (Phi) is 4.18. The van der Waals surface area contributed by atoms with Crippen LogP contribution in [0.2, 0.25) is 0 Å². The minimum Gasteiger partial charge on any atom is -0.471 e. The smallest absolute Gasteiger partial charge is 0.292 e. The van der Waals surface area contributed by atoms with Crippen LogP contribution in [0, 0.1) is 10.1 Å². The number of benzene rings is 1. The predicted octanol–water partition coefficient (Wildman–Crippen LogP) is -0.0390. The molecule has 0 aromatic heterocycles. The Bertz CT molecular complexity index is 532. The first-order chi connectivity index (χ1) is 9.52. The highest BCUT2D eigenvalue weighted by molar-refractivity contribution is 5.63. The van der Waals surface area contributed by atoms with Crippen LogP contribution >= 0.6 is 0 Å². The van der Waals surface area contributed by atoms with E-state index in [0.29, 0.717) is 0 Å². The zero-order valence-corrected chi connectivity index (χ0v) is 10.3. The van der Waals surface area contributed by atoms with Crippen molar-refractivity contribution in [3.63, 3.8) is 0 Å². The second-order valence-corrected chi connectivity index (χ2v) is 4.25. The van der Waals surface area contributed by atoms with Gasteiger partial charge in [0, 0.05) is 12.1 Å². The molecule has 4 N–H and O–H groups in total. The second-order valence-electron chi connectivity index (χ2n) is 4.25. The predicted molar refractivity (Wildman–Crippen MR) is 68.8 cm³/mol. The molecule has 0 radical (unpaired) electrons. The summed E-state index contributed by atoms with van der Waals surface area (Å²) in [4.78, 5) is 10.3. The second kappa shape index (κ2) is 5.87. The van der Waals surface area contributed by atoms with Crippen molar-refractivity contribution in [3.05, 3.63) is 46.3 Å². The number of nitro groups is 1. The summed E-state index contributed by atoms with van der Waals surface area (Å²) in [5, 5.41) is 41.7. The van der Waals surface area contributed by atoms with Gasteiger partial charge in [-0.25, -0.2) is 0 Å². The summed E-state index contributed by atoms with van der Waals surface area (Å²) in [5.74, 6) is 0.0381. The maximum atomic E-state index is 10.9. The molecule has 0 amide bonds. The van der Waals surface area contributed by atoms with Crippen molar-refractivity contribution >= 4 is 11.4 Å². The van der Waals surface area contributed by atoms with Crippen LogP contribution in [0.5, 0.6) is 0 Å². The summed E-state index contributed by atoms with van der Waals surface area (Å²) in [6, 6.07) is 5.93. The van der Waals surface area contributed by atoms with Gasteiger partial charge in [0.2, 0.25) is 0 Å². The van der Waals surface area contributed by atoms with Gasteiger partial charge in [0.15, 0.2) is 12.0 Å². The molecule has 1 aromatic rings. The van der Waals surface area contributed by atoms with Crippen LogP contribution in [0.3, 0.4) is 0 Å². The quantitative estimate of drug-likeness (QED) is 0.451. The number of aliphatic hydroxyl groups excluding tert-OH is 3. The Morgan fingerprint density at radius 3 is 2.70 bits per heavy atom. The Hall–Kier alpha value is -2.16. The molecule has 108 valence electrons. The summed E-state index contributed by atoms with van der Waals surface area (Å²) in [5.41, 5.74) is 0.0298. The van der Waals surface area contributed by atoms with Crippen molar-refractivity contribution in [1.82, 2.24) is 0 Å². The lowest BCUT2D eigenvalue weighted by Crippen LogP contribution is -2.44. The minimum atomic E-state index is -1.25. The number of anilines is 1. The molecule has 8 nitrogen and oxygen atoms in total. The molecule has 1 aromatic carbocycles. The highest BCUT2D eigenvalue weighted by Gasteiger charge is 2.32. The summed E-state index contributed by atoms with van der Waals surface area (Å²) < 4.78 is 5.22. The number of hydrogen-bond donors (Lipinski definition) is 4. The van der Waals surface area contributed by atoms with Crippen molar-refractivity contribution in [3.8, 4) is 0 Å². The summed E-state index contributed by atoms with van der Waals surface area (Å²) in [7, 11) is 0. The van der Waals surface area contributed by atoms with Gasteiger partial charge in [-0.1, -0.05) is 12.1 Å². The van der Waals surface area contributed by atoms with E-state index in [1.807, 2.05) is 0 Å². The molecule has 3 atom stereocenters. The number of rotatable bonds is 4. The Morgan fingerprint density at radius 1 is 1.35 bits per heavy atom. The standard InChI is InChI=1S/C12H14N2O6/c15-6-10-12(17)9(16)5-11(20-10)13-7-3-1-2-4-8(7)14(18)19/h1-5,9-10,12-13,15-17H,6H2/t9-,10?,12+/m1/s1. The molecule has 0 fully saturated rings. The summed E-state index contributed by atoms with van der Waals surface area (Å²) in [6.45, 7) is -0.492. The molecule has 0 bridgehead atoms. The number of hydrogen-bond acceptors (Lipinski definition) is 7. The van der Waals surface area contributed by atoms with Gasteiger partial charge in [0.25, 0.3) is 5.69 Å². The average molecular weight is 282 g/mol. The monoisotopic (exact) mass is 282 g/mol. The first-order valence-electron chi connectivity index (χ1n) is 5.89. The van der Waals surface area contributed by atoms with E-state index in [1.165, 1.54) is 24.3 Å². The molecule has 0 aliphatic carbocycles. The van der Waals surface area contributed by atoms with Gasteiger partial charge in [-0.3, -0.25) is 10.1 Å². The molecule has 1 heterocycles. The fraction of sp³-hybridized carbons (Fsp3) is 0.333. The molecule has 0 spiro atoms. The average Bonchev–Trinajstić information content (AvgIpc) is 2.43. The van der Waals surface area contributed by atoms with E-state index >= 15 is 0 Å². The third-order valence-electron chi connectivity index (χ3n) is 2.87. The van der Waals surface area contributed by atoms with Crippen LogP contribution in [0.4, 0.5) is 11.4 Å². The number of nitrogens with zero attached hydrogens (tertiary/aromatic N) is 1. The van der Waals surface area contributed by atoms with Gasteiger partial charge in [0.1, 0.15) is 17.9 Å². The molecule has 20 heavy (non-hydrogen) atoms. The van der Waals surface area contributed by atoms with Gasteiger partial charge < -0.3 is 25.4 Å². The molecule has 8 heteroatoms. The lowest BCUT2D eigenvalue weighted by Gasteiger charge is -2.31. The highest BCUT2D eigenvalue weighted by Crippen LogP contribution is 2.27. The van der Waals surface area contributed by atoms with Crippen LogP contribution in [0.1, 0.15) is 0 Å². The lowest BCUT2D eigenvalue weighted by molar-refractivity contribution is -0.384. The van der Waals surface area contributed by atoms with E-state index < -0.39 is 29.8 Å². The molecule has 1 aliphatic rings. The summed E-state index contributed by atoms with van der Waals surface area (Å²) in [6.07, 6.45) is -2.30. The maximum absolute atomic E-state index is 10.9. The number of ether oxygens (including phenoxy) is 1. The van der Waals surface area contributed by atoms with E-state index in [1.54, 1.807) is 6.07 Å². The van der Waals surface area contributed by atoms with Gasteiger partial charge in [-0.2, -0.15) is 0 Å². The summed E-state index contributed by atoms with van der Waals surface area (Å²) >= 11 is 0. The van der Waals surface area contributed by atoms with Crippen molar-refractivity contribution in [2.24, 2.45) is 0 Å². The molecule has 1 unspecified atom stereocenters. The fourth-order valence-corrected chi connectivity index (χ4v) is 1.83. The molecule has 1 aliphatic heterocycles.